The lowest BCUT2D eigenvalue weighted by molar-refractivity contribution is -0.119. The van der Waals surface area contributed by atoms with E-state index in [2.05, 4.69) is 62.8 Å². The molecule has 0 bridgehead atoms. The van der Waals surface area contributed by atoms with Gasteiger partial charge in [-0.25, -0.2) is 14.9 Å². The molecule has 1 amide bonds. The fraction of sp³-hybridized carbons (Fsp3) is 0.371. The highest BCUT2D eigenvalue weighted by Crippen LogP contribution is 2.32. The lowest BCUT2D eigenvalue weighted by Crippen LogP contribution is -2.35. The van der Waals surface area contributed by atoms with Gasteiger partial charge < -0.3 is 9.30 Å². The van der Waals surface area contributed by atoms with E-state index in [0.717, 1.165) is 72.2 Å². The molecule has 5 aromatic rings. The molecule has 3 aromatic heterocycles. The first kappa shape index (κ1) is 29.8. The van der Waals surface area contributed by atoms with E-state index >= 15 is 0 Å². The van der Waals surface area contributed by atoms with Gasteiger partial charge in [-0.05, 0) is 54.9 Å². The summed E-state index contributed by atoms with van der Waals surface area (Å²) in [4.78, 5) is 35.3. The van der Waals surface area contributed by atoms with Crippen molar-refractivity contribution in [2.45, 2.75) is 77.0 Å². The molecule has 11 nitrogen and oxygen atoms in total. The minimum atomic E-state index is -0.123. The van der Waals surface area contributed by atoms with Crippen LogP contribution >= 0.6 is 0 Å². The molecule has 7 rings (SSSR count). The molecule has 0 radical (unpaired) electrons. The minimum absolute atomic E-state index is 0.00263. The molecule has 1 fully saturated rings. The summed E-state index contributed by atoms with van der Waals surface area (Å²) in [6, 6.07) is 16.3. The van der Waals surface area contributed by atoms with Crippen molar-refractivity contribution in [2.75, 3.05) is 6.61 Å². The second kappa shape index (κ2) is 13.2. The Labute approximate surface area is 267 Å². The predicted octanol–water partition coefficient (Wildman–Crippen LogP) is 4.72. The van der Waals surface area contributed by atoms with Gasteiger partial charge in [-0.3, -0.25) is 14.2 Å². The van der Waals surface area contributed by atoms with Crippen molar-refractivity contribution < 1.29 is 9.53 Å². The Morgan fingerprint density at radius 1 is 1.02 bits per heavy atom. The number of hydrogen-bond acceptors (Lipinski definition) is 7. The molecule has 1 aliphatic carbocycles. The average molecular weight is 619 g/mol. The number of hydrogen-bond donors (Lipinski definition) is 1. The summed E-state index contributed by atoms with van der Waals surface area (Å²) in [6.07, 6.45) is 12.9. The number of amides is 1. The van der Waals surface area contributed by atoms with E-state index in [1.807, 2.05) is 38.0 Å². The first-order valence-corrected chi connectivity index (χ1v) is 16.2. The number of carbonyl (C=O) groups is 1. The number of benzene rings is 2. The minimum Gasteiger partial charge on any atom is -0.376 e. The number of rotatable bonds is 11. The van der Waals surface area contributed by atoms with Crippen molar-refractivity contribution in [2.24, 2.45) is 5.10 Å². The molecule has 0 saturated heterocycles. The third-order valence-corrected chi connectivity index (χ3v) is 9.09. The summed E-state index contributed by atoms with van der Waals surface area (Å²) in [6.45, 7) is 3.52. The quantitative estimate of drug-likeness (QED) is 0.229. The highest BCUT2D eigenvalue weighted by molar-refractivity contribution is 6.16. The van der Waals surface area contributed by atoms with E-state index in [1.54, 1.807) is 18.9 Å². The fourth-order valence-electron chi connectivity index (χ4n) is 6.82. The zero-order valence-corrected chi connectivity index (χ0v) is 26.0. The van der Waals surface area contributed by atoms with E-state index in [-0.39, 0.29) is 30.0 Å². The number of aryl methyl sites for hydroxylation is 1. The van der Waals surface area contributed by atoms with E-state index in [9.17, 15) is 9.59 Å². The molecular weight excluding hydrogens is 580 g/mol. The Morgan fingerprint density at radius 2 is 1.87 bits per heavy atom. The van der Waals surface area contributed by atoms with Crippen LogP contribution in [0, 0.1) is 0 Å². The van der Waals surface area contributed by atoms with Gasteiger partial charge >= 0.3 is 0 Å². The largest absolute Gasteiger partial charge is 0.376 e. The summed E-state index contributed by atoms with van der Waals surface area (Å²) in [5.41, 5.74) is 8.85. The Kier molecular flexibility index (Phi) is 8.56. The number of carbonyl (C=O) groups excluding carboxylic acids is 1. The predicted molar refractivity (Wildman–Crippen MR) is 175 cm³/mol. The summed E-state index contributed by atoms with van der Waals surface area (Å²) < 4.78 is 12.0. The van der Waals surface area contributed by atoms with Crippen LogP contribution < -0.4 is 11.0 Å². The van der Waals surface area contributed by atoms with Gasteiger partial charge in [0, 0.05) is 42.5 Å². The molecule has 0 spiro atoms. The van der Waals surface area contributed by atoms with Crippen LogP contribution in [-0.2, 0) is 28.9 Å². The lowest BCUT2D eigenvalue weighted by atomic mass is 9.91. The molecule has 1 N–H and O–H groups in total. The van der Waals surface area contributed by atoms with E-state index in [1.165, 1.54) is 0 Å². The van der Waals surface area contributed by atoms with Gasteiger partial charge in [0.1, 0.15) is 6.33 Å². The molecule has 0 unspecified atom stereocenters. The number of nitrogens with one attached hydrogen (secondary N) is 1. The number of ether oxygens (including phenoxy) is 1. The molecule has 2 aliphatic rings. The first-order chi connectivity index (χ1) is 22.6. The zero-order chi connectivity index (χ0) is 31.5. The molecule has 1 saturated carbocycles. The Hall–Kier alpha value is -4.90. The molecule has 236 valence electrons. The Bertz CT molecular complexity index is 1920. The SMILES string of the molecule is CCCc1c(Cc2ccc(-c3ccccc3)c(C3=NNC(=O)C3)c2)c(=O)n(C2CCC(OCCn3ccnc3)CC2)c2ncnn12. The third-order valence-electron chi connectivity index (χ3n) is 9.09. The highest BCUT2D eigenvalue weighted by Gasteiger charge is 2.28. The molecule has 0 atom stereocenters. The van der Waals surface area contributed by atoms with Gasteiger partial charge in [-0.15, -0.1) is 0 Å². The molecular formula is C35H38N8O3. The van der Waals surface area contributed by atoms with Crippen molar-refractivity contribution in [3.63, 3.8) is 0 Å². The van der Waals surface area contributed by atoms with Crippen molar-refractivity contribution in [1.29, 1.82) is 0 Å². The molecule has 11 heteroatoms. The van der Waals surface area contributed by atoms with Crippen LogP contribution in [0.4, 0.5) is 0 Å². The van der Waals surface area contributed by atoms with E-state index in [4.69, 9.17) is 4.74 Å². The van der Waals surface area contributed by atoms with Crippen molar-refractivity contribution in [1.82, 2.24) is 34.1 Å². The number of nitrogens with zero attached hydrogens (tertiary/aromatic N) is 7. The fourth-order valence-corrected chi connectivity index (χ4v) is 6.82. The van der Waals surface area contributed by atoms with E-state index < -0.39 is 0 Å². The Balaban J connectivity index is 1.20. The summed E-state index contributed by atoms with van der Waals surface area (Å²) in [5.74, 6) is 0.481. The average Bonchev–Trinajstić information content (AvgIpc) is 3.87. The second-order valence-electron chi connectivity index (χ2n) is 12.1. The van der Waals surface area contributed by atoms with Gasteiger partial charge in [-0.2, -0.15) is 15.2 Å². The number of hydrazone groups is 1. The van der Waals surface area contributed by atoms with E-state index in [0.29, 0.717) is 30.9 Å². The van der Waals surface area contributed by atoms with Gasteiger partial charge in [0.25, 0.3) is 5.56 Å². The number of aromatic nitrogens is 6. The van der Waals surface area contributed by atoms with Gasteiger partial charge in [0.2, 0.25) is 11.7 Å². The van der Waals surface area contributed by atoms with Gasteiger partial charge in [-0.1, -0.05) is 55.8 Å². The summed E-state index contributed by atoms with van der Waals surface area (Å²) in [5, 5.41) is 8.95. The summed E-state index contributed by atoms with van der Waals surface area (Å²) in [7, 11) is 0. The second-order valence-corrected chi connectivity index (χ2v) is 12.1. The molecule has 2 aromatic carbocycles. The monoisotopic (exact) mass is 618 g/mol. The highest BCUT2D eigenvalue weighted by atomic mass is 16.5. The van der Waals surface area contributed by atoms with Gasteiger partial charge in [0.05, 0.1) is 36.9 Å². The van der Waals surface area contributed by atoms with Crippen LogP contribution in [0.1, 0.15) is 73.9 Å². The maximum absolute atomic E-state index is 14.5. The molecule has 1 aliphatic heterocycles. The van der Waals surface area contributed by atoms with Crippen molar-refractivity contribution in [3.05, 3.63) is 106 Å². The van der Waals surface area contributed by atoms with Crippen molar-refractivity contribution >= 4 is 17.4 Å². The maximum Gasteiger partial charge on any atom is 0.259 e. The third kappa shape index (κ3) is 6.02. The smallest absolute Gasteiger partial charge is 0.259 e. The number of imidazole rings is 1. The maximum atomic E-state index is 14.5. The van der Waals surface area contributed by atoms with Crippen LogP contribution in [-0.4, -0.2) is 53.0 Å². The normalized spacial score (nSPS) is 18.2. The van der Waals surface area contributed by atoms with Gasteiger partial charge in [0.15, 0.2) is 0 Å². The first-order valence-electron chi connectivity index (χ1n) is 16.2. The summed E-state index contributed by atoms with van der Waals surface area (Å²) >= 11 is 0. The Morgan fingerprint density at radius 3 is 2.61 bits per heavy atom. The van der Waals surface area contributed by atoms with Crippen LogP contribution in [0.25, 0.3) is 16.9 Å². The van der Waals surface area contributed by atoms with Crippen LogP contribution in [0.5, 0.6) is 0 Å². The lowest BCUT2D eigenvalue weighted by Gasteiger charge is -2.30. The van der Waals surface area contributed by atoms with Crippen LogP contribution in [0.3, 0.4) is 0 Å². The number of fused-ring (bicyclic) bond motifs is 1. The van der Waals surface area contributed by atoms with Crippen molar-refractivity contribution in [3.8, 4) is 11.1 Å². The topological polar surface area (TPSA) is 121 Å². The zero-order valence-electron chi connectivity index (χ0n) is 26.0. The molecule has 46 heavy (non-hydrogen) atoms. The standard InChI is InChI=1S/C35H38N8O3/c1-2-6-32-30(20-24-9-14-28(25-7-4-3-5-8-25)29(19-24)31-21-33(44)40-39-31)34(45)42(35-37-22-38-43(32)35)26-10-12-27(13-11-26)46-18-17-41-16-15-36-23-41/h3-5,7-9,14-16,19,22-23,26-27H,2,6,10-13,17-18,20-21H2,1H3,(H,40,44). The molecule has 4 heterocycles. The van der Waals surface area contributed by atoms with Crippen LogP contribution in [0.15, 0.2) is 83.5 Å². The van der Waals surface area contributed by atoms with Crippen LogP contribution in [0.2, 0.25) is 0 Å².